The summed E-state index contributed by atoms with van der Waals surface area (Å²) < 4.78 is 19.4. The lowest BCUT2D eigenvalue weighted by molar-refractivity contribution is 0.0947. The van der Waals surface area contributed by atoms with Crippen LogP contribution in [0, 0.1) is 5.82 Å². The molecule has 4 rings (SSSR count). The lowest BCUT2D eigenvalue weighted by Crippen LogP contribution is -2.23. The number of hydrogen-bond acceptors (Lipinski definition) is 5. The molecule has 2 aromatic carbocycles. The summed E-state index contributed by atoms with van der Waals surface area (Å²) in [4.78, 5) is 16.9. The van der Waals surface area contributed by atoms with Crippen LogP contribution in [-0.2, 0) is 6.54 Å². The molecule has 2 heterocycles. The normalized spacial score (nSPS) is 10.9. The maximum absolute atomic E-state index is 13.5. The number of carbonyl (C=O) groups excluding carboxylic acids is 1. The average Bonchev–Trinajstić information content (AvgIpc) is 3.15. The quantitative estimate of drug-likeness (QED) is 0.408. The second kappa shape index (κ2) is 8.11. The number of rotatable bonds is 5. The number of halogens is 2. The SMILES string of the molecule is COc1ccc(F)cc1C(=O)NCc1ccc(-c2ncc(Br)c3[nH]nc(N)c23)cc1. The van der Waals surface area contributed by atoms with E-state index < -0.39 is 11.7 Å². The van der Waals surface area contributed by atoms with E-state index in [4.69, 9.17) is 10.5 Å². The molecule has 0 spiro atoms. The Kier molecular flexibility index (Phi) is 5.37. The van der Waals surface area contributed by atoms with Crippen molar-refractivity contribution >= 4 is 38.6 Å². The van der Waals surface area contributed by atoms with Crippen LogP contribution in [0.3, 0.4) is 0 Å². The number of anilines is 1. The van der Waals surface area contributed by atoms with Gasteiger partial charge in [0.2, 0.25) is 0 Å². The Morgan fingerprint density at radius 1 is 1.27 bits per heavy atom. The number of methoxy groups -OCH3 is 1. The van der Waals surface area contributed by atoms with Crippen molar-refractivity contribution in [3.8, 4) is 17.0 Å². The third-order valence-corrected chi connectivity index (χ3v) is 5.26. The molecule has 2 aromatic heterocycles. The first-order chi connectivity index (χ1) is 14.5. The molecule has 0 aliphatic rings. The molecule has 0 saturated heterocycles. The Bertz CT molecular complexity index is 1240. The summed E-state index contributed by atoms with van der Waals surface area (Å²) in [5, 5.41) is 10.5. The third-order valence-electron chi connectivity index (χ3n) is 4.66. The van der Waals surface area contributed by atoms with E-state index in [0.29, 0.717) is 17.3 Å². The van der Waals surface area contributed by atoms with E-state index >= 15 is 0 Å². The summed E-state index contributed by atoms with van der Waals surface area (Å²) in [7, 11) is 1.43. The van der Waals surface area contributed by atoms with E-state index in [1.54, 1.807) is 6.20 Å². The third kappa shape index (κ3) is 3.71. The minimum absolute atomic E-state index is 0.144. The highest BCUT2D eigenvalue weighted by atomic mass is 79.9. The van der Waals surface area contributed by atoms with E-state index in [9.17, 15) is 9.18 Å². The van der Waals surface area contributed by atoms with Crippen LogP contribution in [0.25, 0.3) is 22.2 Å². The summed E-state index contributed by atoms with van der Waals surface area (Å²) in [5.41, 5.74) is 9.36. The van der Waals surface area contributed by atoms with E-state index in [1.165, 1.54) is 19.2 Å². The van der Waals surface area contributed by atoms with Crippen LogP contribution in [0.15, 0.2) is 53.1 Å². The van der Waals surface area contributed by atoms with E-state index in [2.05, 4.69) is 36.4 Å². The molecule has 0 saturated carbocycles. The Morgan fingerprint density at radius 3 is 2.77 bits per heavy atom. The zero-order valence-corrected chi connectivity index (χ0v) is 17.5. The van der Waals surface area contributed by atoms with Crippen molar-refractivity contribution in [3.05, 3.63) is 70.1 Å². The Balaban J connectivity index is 1.53. The van der Waals surface area contributed by atoms with Gasteiger partial charge < -0.3 is 15.8 Å². The van der Waals surface area contributed by atoms with Gasteiger partial charge in [0.1, 0.15) is 11.6 Å². The number of nitrogens with two attached hydrogens (primary N) is 1. The lowest BCUT2D eigenvalue weighted by atomic mass is 10.1. The number of fused-ring (bicyclic) bond motifs is 1. The summed E-state index contributed by atoms with van der Waals surface area (Å²) in [6.45, 7) is 0.274. The number of amides is 1. The van der Waals surface area contributed by atoms with Crippen molar-refractivity contribution in [2.24, 2.45) is 0 Å². The molecule has 4 aromatic rings. The van der Waals surface area contributed by atoms with Crippen LogP contribution in [0.5, 0.6) is 5.75 Å². The number of ether oxygens (including phenoxy) is 1. The van der Waals surface area contributed by atoms with Crippen molar-refractivity contribution in [1.29, 1.82) is 0 Å². The van der Waals surface area contributed by atoms with E-state index in [0.717, 1.165) is 32.6 Å². The molecular formula is C21H17BrFN5O2. The molecule has 0 atom stereocenters. The highest BCUT2D eigenvalue weighted by Gasteiger charge is 2.15. The number of H-pyrrole nitrogens is 1. The summed E-state index contributed by atoms with van der Waals surface area (Å²) >= 11 is 3.43. The molecule has 0 fully saturated rings. The molecular weight excluding hydrogens is 453 g/mol. The van der Waals surface area contributed by atoms with Gasteiger partial charge in [-0.15, -0.1) is 0 Å². The number of carbonyl (C=O) groups is 1. The van der Waals surface area contributed by atoms with E-state index in [-0.39, 0.29) is 12.1 Å². The number of pyridine rings is 1. The van der Waals surface area contributed by atoms with Crippen LogP contribution < -0.4 is 15.8 Å². The lowest BCUT2D eigenvalue weighted by Gasteiger charge is -2.10. The Hall–Kier alpha value is -3.46. The number of benzene rings is 2. The summed E-state index contributed by atoms with van der Waals surface area (Å²) in [6.07, 6.45) is 1.69. The Labute approximate surface area is 179 Å². The zero-order chi connectivity index (χ0) is 21.3. The van der Waals surface area contributed by atoms with Gasteiger partial charge in [-0.3, -0.25) is 14.9 Å². The molecule has 0 aliphatic carbocycles. The molecule has 0 aliphatic heterocycles. The van der Waals surface area contributed by atoms with Crippen LogP contribution >= 0.6 is 15.9 Å². The van der Waals surface area contributed by atoms with Gasteiger partial charge in [-0.25, -0.2) is 4.39 Å². The highest BCUT2D eigenvalue weighted by Crippen LogP contribution is 2.33. The second-order valence-electron chi connectivity index (χ2n) is 6.54. The predicted octanol–water partition coefficient (Wildman–Crippen LogP) is 4.05. The van der Waals surface area contributed by atoms with Crippen molar-refractivity contribution in [2.75, 3.05) is 12.8 Å². The molecule has 4 N–H and O–H groups in total. The van der Waals surface area contributed by atoms with Crippen molar-refractivity contribution in [2.45, 2.75) is 6.54 Å². The number of aromatic nitrogens is 3. The topological polar surface area (TPSA) is 106 Å². The van der Waals surface area contributed by atoms with E-state index in [1.807, 2.05) is 24.3 Å². The molecule has 7 nitrogen and oxygen atoms in total. The van der Waals surface area contributed by atoms with Gasteiger partial charge in [0, 0.05) is 18.3 Å². The first kappa shape index (κ1) is 19.8. The first-order valence-corrected chi connectivity index (χ1v) is 9.76. The molecule has 0 radical (unpaired) electrons. The van der Waals surface area contributed by atoms with Crippen molar-refractivity contribution < 1.29 is 13.9 Å². The Morgan fingerprint density at radius 2 is 2.03 bits per heavy atom. The molecule has 0 unspecified atom stereocenters. The number of nitrogens with one attached hydrogen (secondary N) is 2. The summed E-state index contributed by atoms with van der Waals surface area (Å²) in [5.74, 6) is -0.239. The minimum Gasteiger partial charge on any atom is -0.496 e. The van der Waals surface area contributed by atoms with Crippen LogP contribution in [-0.4, -0.2) is 28.2 Å². The molecule has 9 heteroatoms. The monoisotopic (exact) mass is 469 g/mol. The van der Waals surface area contributed by atoms with Gasteiger partial charge in [-0.2, -0.15) is 5.10 Å². The van der Waals surface area contributed by atoms with Crippen LogP contribution in [0.1, 0.15) is 15.9 Å². The zero-order valence-electron chi connectivity index (χ0n) is 15.9. The van der Waals surface area contributed by atoms with Crippen LogP contribution in [0.2, 0.25) is 0 Å². The maximum Gasteiger partial charge on any atom is 0.255 e. The maximum atomic E-state index is 13.5. The average molecular weight is 470 g/mol. The number of nitrogen functional groups attached to an aromatic ring is 1. The van der Waals surface area contributed by atoms with Gasteiger partial charge >= 0.3 is 0 Å². The van der Waals surface area contributed by atoms with Gasteiger partial charge in [0.15, 0.2) is 5.82 Å². The number of aromatic amines is 1. The molecule has 0 bridgehead atoms. The van der Waals surface area contributed by atoms with Gasteiger partial charge in [-0.1, -0.05) is 24.3 Å². The van der Waals surface area contributed by atoms with Gasteiger partial charge in [0.05, 0.1) is 33.7 Å². The predicted molar refractivity (Wildman–Crippen MR) is 116 cm³/mol. The first-order valence-electron chi connectivity index (χ1n) is 8.97. The van der Waals surface area contributed by atoms with Gasteiger partial charge in [0.25, 0.3) is 5.91 Å². The molecule has 1 amide bonds. The molecule has 30 heavy (non-hydrogen) atoms. The number of hydrogen-bond donors (Lipinski definition) is 3. The van der Waals surface area contributed by atoms with Crippen molar-refractivity contribution in [3.63, 3.8) is 0 Å². The highest BCUT2D eigenvalue weighted by molar-refractivity contribution is 9.10. The standard InChI is InChI=1S/C21H17BrFN5O2/c1-30-16-7-6-13(23)8-14(16)21(29)26-9-11-2-4-12(5-3-11)18-17-19(15(22)10-25-18)27-28-20(17)24/h2-8,10H,9H2,1H3,(H,26,29)(H3,24,27,28). The molecule has 152 valence electrons. The second-order valence-corrected chi connectivity index (χ2v) is 7.39. The van der Waals surface area contributed by atoms with Crippen LogP contribution in [0.4, 0.5) is 10.2 Å². The largest absolute Gasteiger partial charge is 0.496 e. The fourth-order valence-electron chi connectivity index (χ4n) is 3.15. The summed E-state index contributed by atoms with van der Waals surface area (Å²) in [6, 6.07) is 11.4. The smallest absolute Gasteiger partial charge is 0.255 e. The minimum atomic E-state index is -0.503. The fourth-order valence-corrected chi connectivity index (χ4v) is 3.54. The van der Waals surface area contributed by atoms with Crippen molar-refractivity contribution in [1.82, 2.24) is 20.5 Å². The fraction of sp³-hybridized carbons (Fsp3) is 0.0952. The van der Waals surface area contributed by atoms with Gasteiger partial charge in [-0.05, 0) is 39.7 Å². The number of nitrogens with zero attached hydrogens (tertiary/aromatic N) is 2.